The number of Topliss-reactive ketones (excluding diaryl/α,β-unsaturated/α-hetero) is 1. The van der Waals surface area contributed by atoms with Crippen LogP contribution in [0.1, 0.15) is 31.7 Å². The minimum absolute atomic E-state index is 0.181. The van der Waals surface area contributed by atoms with Gasteiger partial charge in [-0.1, -0.05) is 37.3 Å². The van der Waals surface area contributed by atoms with Gasteiger partial charge in [0.2, 0.25) is 0 Å². The van der Waals surface area contributed by atoms with Crippen molar-refractivity contribution in [1.82, 2.24) is 4.90 Å². The number of carbonyl (C=O) groups excluding carboxylic acids is 2. The van der Waals surface area contributed by atoms with E-state index in [9.17, 15) is 9.59 Å². The second-order valence-corrected chi connectivity index (χ2v) is 5.17. The Morgan fingerprint density at radius 3 is 2.80 bits per heavy atom. The molecule has 4 heteroatoms. The van der Waals surface area contributed by atoms with Gasteiger partial charge in [-0.3, -0.25) is 14.5 Å². The number of piperidine rings is 1. The van der Waals surface area contributed by atoms with Crippen molar-refractivity contribution in [2.75, 3.05) is 13.1 Å². The second kappa shape index (κ2) is 7.20. The minimum Gasteiger partial charge on any atom is -0.460 e. The molecule has 0 spiro atoms. The smallest absolute Gasteiger partial charge is 0.320 e. The molecule has 0 bridgehead atoms. The third-order valence-electron chi connectivity index (χ3n) is 3.70. The zero-order valence-corrected chi connectivity index (χ0v) is 11.9. The number of ether oxygens (including phenoxy) is 1. The van der Waals surface area contributed by atoms with E-state index in [1.807, 2.05) is 37.3 Å². The van der Waals surface area contributed by atoms with Crippen LogP contribution in [-0.2, 0) is 20.9 Å². The summed E-state index contributed by atoms with van der Waals surface area (Å²) >= 11 is 0. The number of carbonyl (C=O) groups is 2. The Hall–Kier alpha value is -1.68. The Morgan fingerprint density at radius 2 is 2.10 bits per heavy atom. The van der Waals surface area contributed by atoms with E-state index in [4.69, 9.17) is 4.74 Å². The van der Waals surface area contributed by atoms with Gasteiger partial charge in [0.15, 0.2) is 0 Å². The van der Waals surface area contributed by atoms with Gasteiger partial charge in [-0.15, -0.1) is 0 Å². The normalized spacial score (nSPS) is 19.9. The van der Waals surface area contributed by atoms with E-state index in [1.54, 1.807) is 0 Å². The Bertz CT molecular complexity index is 458. The molecule has 1 aromatic rings. The van der Waals surface area contributed by atoms with Crippen LogP contribution >= 0.6 is 0 Å². The quantitative estimate of drug-likeness (QED) is 0.773. The van der Waals surface area contributed by atoms with Crippen LogP contribution in [0.15, 0.2) is 30.3 Å². The van der Waals surface area contributed by atoms with Crippen LogP contribution in [0.4, 0.5) is 0 Å². The summed E-state index contributed by atoms with van der Waals surface area (Å²) in [5.74, 6) is 0.0763. The maximum absolute atomic E-state index is 11.9. The van der Waals surface area contributed by atoms with Gasteiger partial charge in [-0.25, -0.2) is 0 Å². The predicted molar refractivity (Wildman–Crippen MR) is 76.1 cm³/mol. The highest BCUT2D eigenvalue weighted by molar-refractivity contribution is 5.80. The molecule has 20 heavy (non-hydrogen) atoms. The molecule has 0 amide bonds. The summed E-state index contributed by atoms with van der Waals surface area (Å²) in [5.41, 5.74) is 0.988. The first-order chi connectivity index (χ1) is 9.69. The fourth-order valence-corrected chi connectivity index (χ4v) is 2.51. The SMILES string of the molecule is CCC1CC(=O)CCN1CC(=O)OCc1ccccc1. The summed E-state index contributed by atoms with van der Waals surface area (Å²) in [5, 5.41) is 0. The Morgan fingerprint density at radius 1 is 1.35 bits per heavy atom. The maximum atomic E-state index is 11.9. The number of rotatable bonds is 5. The Kier molecular flexibility index (Phi) is 5.30. The van der Waals surface area contributed by atoms with Gasteiger partial charge in [-0.2, -0.15) is 0 Å². The number of hydrogen-bond donors (Lipinski definition) is 0. The van der Waals surface area contributed by atoms with Gasteiger partial charge in [0, 0.05) is 25.4 Å². The third-order valence-corrected chi connectivity index (χ3v) is 3.70. The average Bonchev–Trinajstić information content (AvgIpc) is 2.48. The summed E-state index contributed by atoms with van der Waals surface area (Å²) < 4.78 is 5.28. The second-order valence-electron chi connectivity index (χ2n) is 5.17. The summed E-state index contributed by atoms with van der Waals surface area (Å²) in [6.45, 7) is 3.30. The highest BCUT2D eigenvalue weighted by atomic mass is 16.5. The average molecular weight is 275 g/mol. The number of ketones is 1. The van der Waals surface area contributed by atoms with Crippen LogP contribution in [0.25, 0.3) is 0 Å². The maximum Gasteiger partial charge on any atom is 0.320 e. The summed E-state index contributed by atoms with van der Waals surface area (Å²) in [6.07, 6.45) is 1.99. The minimum atomic E-state index is -0.221. The first-order valence-corrected chi connectivity index (χ1v) is 7.14. The van der Waals surface area contributed by atoms with E-state index in [-0.39, 0.29) is 18.6 Å². The lowest BCUT2D eigenvalue weighted by Crippen LogP contribution is -2.45. The number of nitrogens with zero attached hydrogens (tertiary/aromatic N) is 1. The molecule has 1 aromatic carbocycles. The molecule has 108 valence electrons. The lowest BCUT2D eigenvalue weighted by Gasteiger charge is -2.33. The first-order valence-electron chi connectivity index (χ1n) is 7.14. The van der Waals surface area contributed by atoms with Gasteiger partial charge in [0.1, 0.15) is 12.4 Å². The van der Waals surface area contributed by atoms with Gasteiger partial charge < -0.3 is 4.74 Å². The van der Waals surface area contributed by atoms with E-state index in [2.05, 4.69) is 4.90 Å². The van der Waals surface area contributed by atoms with Crippen molar-refractivity contribution < 1.29 is 14.3 Å². The topological polar surface area (TPSA) is 46.6 Å². The van der Waals surface area contributed by atoms with Crippen molar-refractivity contribution in [2.45, 2.75) is 38.8 Å². The molecule has 4 nitrogen and oxygen atoms in total. The molecule has 0 aromatic heterocycles. The summed E-state index contributed by atoms with van der Waals surface area (Å²) in [4.78, 5) is 25.4. The van der Waals surface area contributed by atoms with E-state index in [1.165, 1.54) is 0 Å². The molecule has 0 saturated carbocycles. The molecule has 1 unspecified atom stereocenters. The predicted octanol–water partition coefficient (Wildman–Crippen LogP) is 2.17. The molecule has 0 radical (unpaired) electrons. The van der Waals surface area contributed by atoms with Crippen LogP contribution in [-0.4, -0.2) is 35.8 Å². The monoisotopic (exact) mass is 275 g/mol. The first kappa shape index (κ1) is 14.7. The molecule has 1 heterocycles. The third kappa shape index (κ3) is 4.17. The van der Waals surface area contributed by atoms with E-state index >= 15 is 0 Å². The number of benzene rings is 1. The Balaban J connectivity index is 1.80. The van der Waals surface area contributed by atoms with Gasteiger partial charge >= 0.3 is 5.97 Å². The zero-order chi connectivity index (χ0) is 14.4. The summed E-state index contributed by atoms with van der Waals surface area (Å²) in [7, 11) is 0. The molecule has 1 aliphatic heterocycles. The number of esters is 1. The standard InChI is InChI=1S/C16H21NO3/c1-2-14-10-15(18)8-9-17(14)11-16(19)20-12-13-6-4-3-5-7-13/h3-7,14H,2,8-12H2,1H3. The van der Waals surface area contributed by atoms with Gasteiger partial charge in [-0.05, 0) is 12.0 Å². The lowest BCUT2D eigenvalue weighted by atomic mass is 9.99. The van der Waals surface area contributed by atoms with Crippen LogP contribution < -0.4 is 0 Å². The Labute approximate surface area is 119 Å². The molecule has 1 atom stereocenters. The van der Waals surface area contributed by atoms with Crippen LogP contribution in [0.5, 0.6) is 0 Å². The molecule has 1 aliphatic rings. The fourth-order valence-electron chi connectivity index (χ4n) is 2.51. The van der Waals surface area contributed by atoms with Crippen LogP contribution in [0.3, 0.4) is 0 Å². The highest BCUT2D eigenvalue weighted by Crippen LogP contribution is 2.17. The molecule has 2 rings (SSSR count). The van der Waals surface area contributed by atoms with Crippen molar-refractivity contribution in [3.63, 3.8) is 0 Å². The zero-order valence-electron chi connectivity index (χ0n) is 11.9. The van der Waals surface area contributed by atoms with Crippen molar-refractivity contribution in [3.05, 3.63) is 35.9 Å². The molecule has 1 saturated heterocycles. The van der Waals surface area contributed by atoms with Gasteiger partial charge in [0.05, 0.1) is 6.54 Å². The van der Waals surface area contributed by atoms with Crippen molar-refractivity contribution >= 4 is 11.8 Å². The molecule has 0 N–H and O–H groups in total. The van der Waals surface area contributed by atoms with E-state index < -0.39 is 0 Å². The molecular formula is C16H21NO3. The van der Waals surface area contributed by atoms with Gasteiger partial charge in [0.25, 0.3) is 0 Å². The lowest BCUT2D eigenvalue weighted by molar-refractivity contribution is -0.148. The van der Waals surface area contributed by atoms with Crippen LogP contribution in [0.2, 0.25) is 0 Å². The highest BCUT2D eigenvalue weighted by Gasteiger charge is 2.27. The van der Waals surface area contributed by atoms with Crippen molar-refractivity contribution in [3.8, 4) is 0 Å². The largest absolute Gasteiger partial charge is 0.460 e. The van der Waals surface area contributed by atoms with Crippen molar-refractivity contribution in [1.29, 1.82) is 0 Å². The van der Waals surface area contributed by atoms with E-state index in [0.29, 0.717) is 31.8 Å². The van der Waals surface area contributed by atoms with Crippen molar-refractivity contribution in [2.24, 2.45) is 0 Å². The molecular weight excluding hydrogens is 254 g/mol. The summed E-state index contributed by atoms with van der Waals surface area (Å²) in [6, 6.07) is 9.82. The number of hydrogen-bond acceptors (Lipinski definition) is 4. The number of likely N-dealkylation sites (tertiary alicyclic amines) is 1. The van der Waals surface area contributed by atoms with E-state index in [0.717, 1.165) is 12.0 Å². The fraction of sp³-hybridized carbons (Fsp3) is 0.500. The molecule has 1 fully saturated rings. The molecule has 0 aliphatic carbocycles. The van der Waals surface area contributed by atoms with Crippen LogP contribution in [0, 0.1) is 0 Å².